The number of aliphatic hydroxyl groups excluding tert-OH is 1. The van der Waals surface area contributed by atoms with Crippen LogP contribution < -0.4 is 0 Å². The lowest BCUT2D eigenvalue weighted by atomic mass is 9.42. The molecule has 2 saturated carbocycles. The van der Waals surface area contributed by atoms with Crippen molar-refractivity contribution >= 4 is 29.1 Å². The second-order valence-corrected chi connectivity index (χ2v) is 14.0. The van der Waals surface area contributed by atoms with Crippen molar-refractivity contribution < 1.29 is 39.3 Å². The fraction of sp³-hybridized carbons (Fsp3) is 0.767. The van der Waals surface area contributed by atoms with Crippen LogP contribution in [0, 0.1) is 39.4 Å². The number of Topliss-reactive ketones (excluding diaryl/α,β-unsaturated/α-hetero) is 4. The van der Waals surface area contributed by atoms with Gasteiger partial charge in [-0.25, -0.2) is 0 Å². The third-order valence-corrected chi connectivity index (χ3v) is 11.4. The summed E-state index contributed by atoms with van der Waals surface area (Å²) < 4.78 is 0. The molecule has 0 heterocycles. The monoisotopic (exact) mass is 530 g/mol. The Kier molecular flexibility index (Phi) is 6.56. The number of fused-ring (bicyclic) bond motifs is 4. The molecule has 2 fully saturated rings. The number of carboxylic acids is 1. The van der Waals surface area contributed by atoms with E-state index in [4.69, 9.17) is 0 Å². The summed E-state index contributed by atoms with van der Waals surface area (Å²) in [4.78, 5) is 64.7. The van der Waals surface area contributed by atoms with Crippen LogP contribution in [0.25, 0.3) is 0 Å². The number of carboxylic acid groups (broad SMARTS) is 1. The van der Waals surface area contributed by atoms with E-state index in [1.165, 1.54) is 13.8 Å². The molecule has 0 aromatic rings. The van der Waals surface area contributed by atoms with Crippen LogP contribution in [0.15, 0.2) is 11.1 Å². The summed E-state index contributed by atoms with van der Waals surface area (Å²) in [6.45, 7) is 12.3. The number of carbonyl (C=O) groups is 5. The molecule has 8 heteroatoms. The molecule has 4 aliphatic rings. The molecule has 4 rings (SSSR count). The van der Waals surface area contributed by atoms with Crippen molar-refractivity contribution in [3.05, 3.63) is 11.1 Å². The summed E-state index contributed by atoms with van der Waals surface area (Å²) in [5.41, 5.74) is -4.39. The quantitative estimate of drug-likeness (QED) is 0.473. The van der Waals surface area contributed by atoms with E-state index in [0.29, 0.717) is 24.0 Å². The first-order chi connectivity index (χ1) is 17.2. The third-order valence-electron chi connectivity index (χ3n) is 11.4. The summed E-state index contributed by atoms with van der Waals surface area (Å²) >= 11 is 0. The second-order valence-electron chi connectivity index (χ2n) is 14.0. The predicted octanol–water partition coefficient (Wildman–Crippen LogP) is 3.45. The van der Waals surface area contributed by atoms with Gasteiger partial charge < -0.3 is 15.3 Å². The first-order valence-corrected chi connectivity index (χ1v) is 13.7. The van der Waals surface area contributed by atoms with E-state index >= 15 is 0 Å². The van der Waals surface area contributed by atoms with Crippen LogP contribution in [0.3, 0.4) is 0 Å². The Hall–Kier alpha value is -2.19. The van der Waals surface area contributed by atoms with E-state index in [9.17, 15) is 39.3 Å². The van der Waals surface area contributed by atoms with Gasteiger partial charge in [0.25, 0.3) is 0 Å². The summed E-state index contributed by atoms with van der Waals surface area (Å²) in [6.07, 6.45) is -0.550. The average molecular weight is 531 g/mol. The van der Waals surface area contributed by atoms with Gasteiger partial charge in [-0.05, 0) is 37.0 Å². The number of allylic oxidation sites excluding steroid dienone is 1. The minimum Gasteiger partial charge on any atom is -0.481 e. The second kappa shape index (κ2) is 8.65. The van der Waals surface area contributed by atoms with Crippen LogP contribution >= 0.6 is 0 Å². The van der Waals surface area contributed by atoms with Crippen molar-refractivity contribution in [2.45, 2.75) is 105 Å². The molecular weight excluding hydrogens is 488 g/mol. The van der Waals surface area contributed by atoms with Gasteiger partial charge >= 0.3 is 5.97 Å². The molecule has 8 unspecified atom stereocenters. The predicted molar refractivity (Wildman–Crippen MR) is 138 cm³/mol. The molecule has 0 bridgehead atoms. The van der Waals surface area contributed by atoms with Crippen LogP contribution in [-0.2, 0) is 24.0 Å². The van der Waals surface area contributed by atoms with Crippen LogP contribution in [0.4, 0.5) is 0 Å². The largest absolute Gasteiger partial charge is 0.481 e. The molecule has 8 nitrogen and oxygen atoms in total. The van der Waals surface area contributed by atoms with Crippen molar-refractivity contribution in [3.8, 4) is 0 Å². The summed E-state index contributed by atoms with van der Waals surface area (Å²) in [7, 11) is 0. The van der Waals surface area contributed by atoms with Crippen LogP contribution in [0.5, 0.6) is 0 Å². The number of carbonyl (C=O) groups excluding carboxylic acids is 4. The Balaban J connectivity index is 1.79. The summed E-state index contributed by atoms with van der Waals surface area (Å²) in [5.74, 6) is -3.71. The molecular formula is C30H42O8. The van der Waals surface area contributed by atoms with Crippen molar-refractivity contribution in [3.63, 3.8) is 0 Å². The topological polar surface area (TPSA) is 146 Å². The highest BCUT2D eigenvalue weighted by atomic mass is 16.4. The third kappa shape index (κ3) is 3.73. The zero-order chi connectivity index (χ0) is 28.8. The Morgan fingerprint density at radius 1 is 1.05 bits per heavy atom. The fourth-order valence-corrected chi connectivity index (χ4v) is 8.97. The smallest absolute Gasteiger partial charge is 0.306 e. The molecule has 3 N–H and O–H groups in total. The van der Waals surface area contributed by atoms with Gasteiger partial charge in [0.1, 0.15) is 11.6 Å². The molecule has 210 valence electrons. The highest BCUT2D eigenvalue weighted by Crippen LogP contribution is 2.71. The molecule has 0 aromatic carbocycles. The molecule has 0 aromatic heterocycles. The highest BCUT2D eigenvalue weighted by Gasteiger charge is 2.71. The van der Waals surface area contributed by atoms with Gasteiger partial charge in [0.2, 0.25) is 0 Å². The lowest BCUT2D eigenvalue weighted by Crippen LogP contribution is -2.60. The first-order valence-electron chi connectivity index (χ1n) is 13.7. The van der Waals surface area contributed by atoms with Gasteiger partial charge in [-0.2, -0.15) is 0 Å². The van der Waals surface area contributed by atoms with Gasteiger partial charge in [0.05, 0.1) is 17.6 Å². The Morgan fingerprint density at radius 3 is 2.24 bits per heavy atom. The van der Waals surface area contributed by atoms with Crippen molar-refractivity contribution in [1.82, 2.24) is 0 Å². The standard InChI is InChI=1S/C30H42O8/c1-15(25(36)37)10-16(31)13-29(6,38)20-12-22(35)30(7)24-17(32)11-19-26(2,3)21(34)8-9-27(19,4)23(24)18(33)14-28(20,30)5/h15,19-20,22,35,38H,8-14H2,1-7H3,(H,36,37). The summed E-state index contributed by atoms with van der Waals surface area (Å²) in [6, 6.07) is 0. The van der Waals surface area contributed by atoms with E-state index in [0.717, 1.165) is 0 Å². The molecule has 38 heavy (non-hydrogen) atoms. The van der Waals surface area contributed by atoms with E-state index < -0.39 is 57.0 Å². The van der Waals surface area contributed by atoms with Gasteiger partial charge in [-0.15, -0.1) is 0 Å². The zero-order valence-electron chi connectivity index (χ0n) is 23.6. The minimum absolute atomic E-state index is 0.00386. The molecule has 4 aliphatic carbocycles. The van der Waals surface area contributed by atoms with Gasteiger partial charge in [0, 0.05) is 59.5 Å². The maximum Gasteiger partial charge on any atom is 0.306 e. The van der Waals surface area contributed by atoms with Gasteiger partial charge in [-0.1, -0.05) is 41.5 Å². The fourth-order valence-electron chi connectivity index (χ4n) is 8.97. The SMILES string of the molecule is CC(CC(=O)CC(C)(O)C1CC(O)C2(C)C3=C(C(=O)CC12C)C1(C)CCC(=O)C(C)(C)C1CC3=O)C(=O)O. The molecule has 0 aliphatic heterocycles. The van der Waals surface area contributed by atoms with E-state index in [1.807, 2.05) is 34.6 Å². The zero-order valence-corrected chi connectivity index (χ0v) is 23.6. The Bertz CT molecular complexity index is 1160. The van der Waals surface area contributed by atoms with Crippen molar-refractivity contribution in [2.24, 2.45) is 39.4 Å². The number of hydrogen-bond donors (Lipinski definition) is 3. The minimum atomic E-state index is -1.62. The lowest BCUT2D eigenvalue weighted by Gasteiger charge is -2.59. The Morgan fingerprint density at radius 2 is 1.66 bits per heavy atom. The van der Waals surface area contributed by atoms with E-state index in [-0.39, 0.29) is 55.4 Å². The Labute approximate surface area is 224 Å². The normalized spacial score (nSPS) is 40.7. The lowest BCUT2D eigenvalue weighted by molar-refractivity contribution is -0.150. The molecule has 0 saturated heterocycles. The number of ketones is 4. The van der Waals surface area contributed by atoms with Crippen molar-refractivity contribution in [1.29, 1.82) is 0 Å². The molecule has 0 spiro atoms. The van der Waals surface area contributed by atoms with Crippen LogP contribution in [0.1, 0.15) is 93.4 Å². The van der Waals surface area contributed by atoms with Gasteiger partial charge in [-0.3, -0.25) is 24.0 Å². The summed E-state index contributed by atoms with van der Waals surface area (Å²) in [5, 5.41) is 32.4. The highest BCUT2D eigenvalue weighted by molar-refractivity contribution is 6.12. The van der Waals surface area contributed by atoms with E-state index in [1.54, 1.807) is 0 Å². The number of rotatable bonds is 6. The van der Waals surface area contributed by atoms with Crippen molar-refractivity contribution in [2.75, 3.05) is 0 Å². The first kappa shape index (κ1) is 28.8. The van der Waals surface area contributed by atoms with Crippen LogP contribution in [0.2, 0.25) is 0 Å². The molecule has 0 radical (unpaired) electrons. The van der Waals surface area contributed by atoms with Gasteiger partial charge in [0.15, 0.2) is 11.6 Å². The van der Waals surface area contributed by atoms with E-state index in [2.05, 4.69) is 0 Å². The van der Waals surface area contributed by atoms with Crippen LogP contribution in [-0.4, -0.2) is 56.1 Å². The average Bonchev–Trinajstić information content (AvgIpc) is 2.99. The molecule has 8 atom stereocenters. The maximum absolute atomic E-state index is 14.0. The number of aliphatic hydroxyl groups is 2. The number of hydrogen-bond acceptors (Lipinski definition) is 7. The maximum atomic E-state index is 14.0. The number of aliphatic carboxylic acids is 1. The molecule has 0 amide bonds.